The molecule has 2 rings (SSSR count). The van der Waals surface area contributed by atoms with Crippen LogP contribution in [0.25, 0.3) is 0 Å². The molecule has 5 heteroatoms. The smallest absolute Gasteiger partial charge is 0.255 e. The minimum absolute atomic E-state index is 0.181. The number of nitrogens with two attached hydrogens (primary N) is 1. The minimum Gasteiger partial charge on any atom is -0.399 e. The van der Waals surface area contributed by atoms with Gasteiger partial charge in [0.15, 0.2) is 0 Å². The first-order valence-corrected chi connectivity index (χ1v) is 7.59. The SMILES string of the molecule is Cc1cc(NC(=O)c2cc(N)cc(Br)c2)cc(C)c1Br. The topological polar surface area (TPSA) is 55.1 Å². The van der Waals surface area contributed by atoms with Crippen molar-refractivity contribution in [1.82, 2.24) is 0 Å². The van der Waals surface area contributed by atoms with E-state index >= 15 is 0 Å². The van der Waals surface area contributed by atoms with Crippen LogP contribution in [0.2, 0.25) is 0 Å². The van der Waals surface area contributed by atoms with Gasteiger partial charge >= 0.3 is 0 Å². The van der Waals surface area contributed by atoms with E-state index in [1.807, 2.05) is 26.0 Å². The van der Waals surface area contributed by atoms with Crippen molar-refractivity contribution in [3.05, 3.63) is 56.0 Å². The highest BCUT2D eigenvalue weighted by Gasteiger charge is 2.09. The number of rotatable bonds is 2. The summed E-state index contributed by atoms with van der Waals surface area (Å²) in [5.74, 6) is -0.181. The molecule has 0 bridgehead atoms. The van der Waals surface area contributed by atoms with Crippen molar-refractivity contribution in [3.8, 4) is 0 Å². The maximum Gasteiger partial charge on any atom is 0.255 e. The molecule has 2 aromatic rings. The predicted octanol–water partition coefficient (Wildman–Crippen LogP) is 4.66. The lowest BCUT2D eigenvalue weighted by molar-refractivity contribution is 0.102. The van der Waals surface area contributed by atoms with Crippen LogP contribution in [0.15, 0.2) is 39.3 Å². The van der Waals surface area contributed by atoms with Gasteiger partial charge in [-0.15, -0.1) is 0 Å². The number of carbonyl (C=O) groups excluding carboxylic acids is 1. The van der Waals surface area contributed by atoms with E-state index in [2.05, 4.69) is 37.2 Å². The zero-order valence-corrected chi connectivity index (χ0v) is 14.3. The second-order valence-corrected chi connectivity index (χ2v) is 6.36. The van der Waals surface area contributed by atoms with Crippen molar-refractivity contribution >= 4 is 49.1 Å². The van der Waals surface area contributed by atoms with E-state index in [-0.39, 0.29) is 5.91 Å². The molecule has 3 nitrogen and oxygen atoms in total. The van der Waals surface area contributed by atoms with Crippen LogP contribution in [0.5, 0.6) is 0 Å². The fraction of sp³-hybridized carbons (Fsp3) is 0.133. The van der Waals surface area contributed by atoms with Crippen molar-refractivity contribution in [3.63, 3.8) is 0 Å². The Hall–Kier alpha value is -1.33. The van der Waals surface area contributed by atoms with E-state index in [1.165, 1.54) is 0 Å². The molecule has 0 fully saturated rings. The van der Waals surface area contributed by atoms with Gasteiger partial charge in [-0.2, -0.15) is 0 Å². The van der Waals surface area contributed by atoms with Crippen LogP contribution in [0.4, 0.5) is 11.4 Å². The summed E-state index contributed by atoms with van der Waals surface area (Å²) in [6.45, 7) is 3.98. The summed E-state index contributed by atoms with van der Waals surface area (Å²) in [5.41, 5.74) is 9.74. The first-order valence-electron chi connectivity index (χ1n) is 6.01. The zero-order valence-electron chi connectivity index (χ0n) is 11.1. The molecule has 0 radical (unpaired) electrons. The molecule has 0 spiro atoms. The quantitative estimate of drug-likeness (QED) is 0.723. The van der Waals surface area contributed by atoms with Crippen LogP contribution in [0.3, 0.4) is 0 Å². The third-order valence-corrected chi connectivity index (χ3v) is 4.59. The van der Waals surface area contributed by atoms with Crippen molar-refractivity contribution in [1.29, 1.82) is 0 Å². The normalized spacial score (nSPS) is 10.4. The van der Waals surface area contributed by atoms with Crippen molar-refractivity contribution in [2.45, 2.75) is 13.8 Å². The first-order chi connectivity index (χ1) is 9.36. The number of nitrogens with one attached hydrogen (secondary N) is 1. The fourth-order valence-corrected chi connectivity index (χ4v) is 2.70. The number of hydrogen-bond donors (Lipinski definition) is 2. The van der Waals surface area contributed by atoms with E-state index < -0.39 is 0 Å². The van der Waals surface area contributed by atoms with E-state index in [0.717, 1.165) is 25.8 Å². The maximum absolute atomic E-state index is 12.2. The molecule has 0 aromatic heterocycles. The summed E-state index contributed by atoms with van der Waals surface area (Å²) in [7, 11) is 0. The van der Waals surface area contributed by atoms with E-state index in [4.69, 9.17) is 5.73 Å². The predicted molar refractivity (Wildman–Crippen MR) is 90.1 cm³/mol. The molecule has 0 aliphatic carbocycles. The van der Waals surface area contributed by atoms with Gasteiger partial charge in [0.1, 0.15) is 0 Å². The third kappa shape index (κ3) is 3.41. The van der Waals surface area contributed by atoms with E-state index in [0.29, 0.717) is 11.3 Å². The highest BCUT2D eigenvalue weighted by atomic mass is 79.9. The Bertz CT molecular complexity index is 640. The van der Waals surface area contributed by atoms with Crippen LogP contribution in [0, 0.1) is 13.8 Å². The molecule has 0 saturated carbocycles. The largest absolute Gasteiger partial charge is 0.399 e. The average molecular weight is 398 g/mol. The first kappa shape index (κ1) is 15.1. The Morgan fingerprint density at radius 2 is 1.65 bits per heavy atom. The zero-order chi connectivity index (χ0) is 14.9. The summed E-state index contributed by atoms with van der Waals surface area (Å²) in [5, 5.41) is 2.89. The fourth-order valence-electron chi connectivity index (χ4n) is 1.96. The van der Waals surface area contributed by atoms with Crippen LogP contribution in [0.1, 0.15) is 21.5 Å². The number of carbonyl (C=O) groups is 1. The third-order valence-electron chi connectivity index (χ3n) is 2.88. The Morgan fingerprint density at radius 3 is 2.20 bits per heavy atom. The monoisotopic (exact) mass is 396 g/mol. The van der Waals surface area contributed by atoms with E-state index in [9.17, 15) is 4.79 Å². The van der Waals surface area contributed by atoms with Crippen molar-refractivity contribution in [2.75, 3.05) is 11.1 Å². The summed E-state index contributed by atoms with van der Waals surface area (Å²) in [6.07, 6.45) is 0. The molecular weight excluding hydrogens is 384 g/mol. The summed E-state index contributed by atoms with van der Waals surface area (Å²) in [6, 6.07) is 9.00. The molecular formula is C15H14Br2N2O. The van der Waals surface area contributed by atoms with Gasteiger partial charge in [-0.05, 0) is 55.3 Å². The van der Waals surface area contributed by atoms with Crippen molar-refractivity contribution in [2.24, 2.45) is 0 Å². The lowest BCUT2D eigenvalue weighted by Crippen LogP contribution is -2.12. The number of nitrogen functional groups attached to an aromatic ring is 1. The van der Waals surface area contributed by atoms with Crippen LogP contribution >= 0.6 is 31.9 Å². The summed E-state index contributed by atoms with van der Waals surface area (Å²) >= 11 is 6.84. The molecule has 2 aromatic carbocycles. The summed E-state index contributed by atoms with van der Waals surface area (Å²) < 4.78 is 1.84. The number of anilines is 2. The van der Waals surface area contributed by atoms with Gasteiger partial charge < -0.3 is 11.1 Å². The minimum atomic E-state index is -0.181. The highest BCUT2D eigenvalue weighted by molar-refractivity contribution is 9.10. The molecule has 3 N–H and O–H groups in total. The molecule has 0 unspecified atom stereocenters. The second-order valence-electron chi connectivity index (χ2n) is 4.65. The van der Waals surface area contributed by atoms with Gasteiger partial charge in [-0.25, -0.2) is 0 Å². The second kappa shape index (κ2) is 5.97. The van der Waals surface area contributed by atoms with Gasteiger partial charge in [0.25, 0.3) is 5.91 Å². The van der Waals surface area contributed by atoms with Gasteiger partial charge in [0.2, 0.25) is 0 Å². The van der Waals surface area contributed by atoms with E-state index in [1.54, 1.807) is 18.2 Å². The lowest BCUT2D eigenvalue weighted by atomic mass is 10.1. The molecule has 0 saturated heterocycles. The number of hydrogen-bond acceptors (Lipinski definition) is 2. The number of halogens is 2. The molecule has 104 valence electrons. The molecule has 0 aliphatic rings. The maximum atomic E-state index is 12.2. The van der Waals surface area contributed by atoms with Gasteiger partial charge in [-0.1, -0.05) is 31.9 Å². The number of amides is 1. The Labute approximate surface area is 134 Å². The van der Waals surface area contributed by atoms with Crippen molar-refractivity contribution < 1.29 is 4.79 Å². The molecule has 0 heterocycles. The Balaban J connectivity index is 2.28. The van der Waals surface area contributed by atoms with Crippen LogP contribution < -0.4 is 11.1 Å². The van der Waals surface area contributed by atoms with Gasteiger partial charge in [0.05, 0.1) is 0 Å². The standard InChI is InChI=1S/C15H14Br2N2O/c1-8-3-13(4-9(2)14(8)17)19-15(20)10-5-11(16)7-12(18)6-10/h3-7H,18H2,1-2H3,(H,19,20). The number of benzene rings is 2. The molecule has 0 aliphatic heterocycles. The number of aryl methyl sites for hydroxylation is 2. The lowest BCUT2D eigenvalue weighted by Gasteiger charge is -2.10. The molecule has 1 amide bonds. The molecule has 20 heavy (non-hydrogen) atoms. The average Bonchev–Trinajstić information content (AvgIpc) is 2.34. The Kier molecular flexibility index (Phi) is 4.50. The highest BCUT2D eigenvalue weighted by Crippen LogP contribution is 2.25. The molecule has 0 atom stereocenters. The Morgan fingerprint density at radius 1 is 1.05 bits per heavy atom. The van der Waals surface area contributed by atoms with Gasteiger partial charge in [-0.3, -0.25) is 4.79 Å². The summed E-state index contributed by atoms with van der Waals surface area (Å²) in [4.78, 5) is 12.2. The van der Waals surface area contributed by atoms with Crippen LogP contribution in [-0.2, 0) is 0 Å². The van der Waals surface area contributed by atoms with Gasteiger partial charge in [0, 0.05) is 25.9 Å². The van der Waals surface area contributed by atoms with Crippen LogP contribution in [-0.4, -0.2) is 5.91 Å².